The van der Waals surface area contributed by atoms with E-state index in [4.69, 9.17) is 4.74 Å². The molecule has 0 saturated heterocycles. The Labute approximate surface area is 124 Å². The lowest BCUT2D eigenvalue weighted by atomic mass is 10.3. The zero-order chi connectivity index (χ0) is 15.1. The van der Waals surface area contributed by atoms with Gasteiger partial charge in [-0.15, -0.1) is 0 Å². The summed E-state index contributed by atoms with van der Waals surface area (Å²) in [5.74, 6) is 0.630. The van der Waals surface area contributed by atoms with E-state index < -0.39 is 10.0 Å². The van der Waals surface area contributed by atoms with E-state index >= 15 is 0 Å². The van der Waals surface area contributed by atoms with Crippen molar-refractivity contribution in [1.82, 2.24) is 10.3 Å². The third kappa shape index (κ3) is 4.44. The third-order valence-electron chi connectivity index (χ3n) is 2.67. The lowest BCUT2D eigenvalue weighted by Gasteiger charge is -2.09. The number of nitrogens with one attached hydrogen (secondary N) is 2. The molecule has 0 aliphatic carbocycles. The summed E-state index contributed by atoms with van der Waals surface area (Å²) in [5, 5.41) is 2.96. The molecule has 0 atom stereocenters. The molecule has 1 aromatic carbocycles. The van der Waals surface area contributed by atoms with Crippen LogP contribution >= 0.6 is 0 Å². The number of rotatable bonds is 7. The smallest absolute Gasteiger partial charge is 0.261 e. The second kappa shape index (κ2) is 7.05. The summed E-state index contributed by atoms with van der Waals surface area (Å²) in [4.78, 5) is 4.04. The van der Waals surface area contributed by atoms with Gasteiger partial charge < -0.3 is 10.1 Å². The van der Waals surface area contributed by atoms with E-state index in [9.17, 15) is 8.42 Å². The number of ether oxygens (including phenoxy) is 1. The van der Waals surface area contributed by atoms with Crippen LogP contribution in [0, 0.1) is 0 Å². The lowest BCUT2D eigenvalue weighted by Crippen LogP contribution is -2.16. The number of anilines is 1. The average Bonchev–Trinajstić information content (AvgIpc) is 2.49. The molecule has 0 spiro atoms. The van der Waals surface area contributed by atoms with Crippen molar-refractivity contribution in [3.8, 4) is 5.75 Å². The highest BCUT2D eigenvalue weighted by Gasteiger charge is 2.14. The van der Waals surface area contributed by atoms with Crippen molar-refractivity contribution in [3.63, 3.8) is 0 Å². The van der Waals surface area contributed by atoms with Gasteiger partial charge in [0.2, 0.25) is 0 Å². The summed E-state index contributed by atoms with van der Waals surface area (Å²) < 4.78 is 32.3. The number of hydrogen-bond acceptors (Lipinski definition) is 5. The molecule has 0 aliphatic heterocycles. The second-order valence-corrected chi connectivity index (χ2v) is 5.95. The van der Waals surface area contributed by atoms with Crippen LogP contribution in [-0.2, 0) is 10.0 Å². The van der Waals surface area contributed by atoms with Gasteiger partial charge in [0, 0.05) is 12.7 Å². The van der Waals surface area contributed by atoms with E-state index in [1.807, 2.05) is 7.05 Å². The van der Waals surface area contributed by atoms with E-state index in [0.717, 1.165) is 6.54 Å². The Kier molecular flexibility index (Phi) is 5.13. The van der Waals surface area contributed by atoms with Crippen molar-refractivity contribution in [2.24, 2.45) is 0 Å². The predicted octanol–water partition coefficient (Wildman–Crippen LogP) is 1.48. The molecule has 0 radical (unpaired) electrons. The maximum atomic E-state index is 12.2. The minimum Gasteiger partial charge on any atom is -0.492 e. The molecular weight excluding hydrogens is 290 g/mol. The minimum atomic E-state index is -3.61. The molecular formula is C14H17N3O3S. The molecule has 2 aromatic rings. The number of pyridine rings is 1. The molecule has 2 N–H and O–H groups in total. The first-order valence-corrected chi connectivity index (χ1v) is 7.90. The van der Waals surface area contributed by atoms with E-state index in [1.165, 1.54) is 18.3 Å². The number of likely N-dealkylation sites (N-methyl/N-ethyl adjacent to an activating group) is 1. The van der Waals surface area contributed by atoms with Gasteiger partial charge in [0.25, 0.3) is 10.0 Å². The van der Waals surface area contributed by atoms with Gasteiger partial charge in [-0.1, -0.05) is 0 Å². The molecule has 0 bridgehead atoms. The molecule has 2 rings (SSSR count). The van der Waals surface area contributed by atoms with Crippen LogP contribution in [-0.4, -0.2) is 33.6 Å². The van der Waals surface area contributed by atoms with Crippen LogP contribution in [0.2, 0.25) is 0 Å². The average molecular weight is 307 g/mol. The molecule has 112 valence electrons. The third-order valence-corrected chi connectivity index (χ3v) is 4.07. The van der Waals surface area contributed by atoms with Crippen LogP contribution in [0.25, 0.3) is 0 Å². The molecule has 0 saturated carbocycles. The van der Waals surface area contributed by atoms with Gasteiger partial charge in [0.15, 0.2) is 0 Å². The van der Waals surface area contributed by atoms with Crippen molar-refractivity contribution < 1.29 is 13.2 Å². The van der Waals surface area contributed by atoms with Crippen LogP contribution < -0.4 is 14.8 Å². The van der Waals surface area contributed by atoms with Crippen LogP contribution in [0.3, 0.4) is 0 Å². The number of hydrogen-bond donors (Lipinski definition) is 2. The van der Waals surface area contributed by atoms with Gasteiger partial charge in [-0.05, 0) is 43.4 Å². The van der Waals surface area contributed by atoms with Gasteiger partial charge in [-0.25, -0.2) is 8.42 Å². The Hall–Kier alpha value is -2.12. The molecule has 21 heavy (non-hydrogen) atoms. The van der Waals surface area contributed by atoms with E-state index in [1.54, 1.807) is 30.5 Å². The minimum absolute atomic E-state index is 0.173. The van der Waals surface area contributed by atoms with Gasteiger partial charge in [0.05, 0.1) is 16.8 Å². The first-order chi connectivity index (χ1) is 10.1. The Bertz CT molecular complexity index is 658. The second-order valence-electron chi connectivity index (χ2n) is 4.27. The number of nitrogens with zero attached hydrogens (tertiary/aromatic N) is 1. The SMILES string of the molecule is CNCCOc1ccc(S(=O)(=O)Nc2cccnc2)cc1. The van der Waals surface area contributed by atoms with Gasteiger partial charge in [-0.3, -0.25) is 9.71 Å². The highest BCUT2D eigenvalue weighted by Crippen LogP contribution is 2.18. The Morgan fingerprint density at radius 2 is 1.95 bits per heavy atom. The van der Waals surface area contributed by atoms with Crippen molar-refractivity contribution in [2.75, 3.05) is 24.9 Å². The fourth-order valence-electron chi connectivity index (χ4n) is 1.62. The molecule has 7 heteroatoms. The summed E-state index contributed by atoms with van der Waals surface area (Å²) in [6.07, 6.45) is 3.03. The van der Waals surface area contributed by atoms with E-state index in [-0.39, 0.29) is 4.90 Å². The molecule has 1 aromatic heterocycles. The zero-order valence-corrected chi connectivity index (χ0v) is 12.4. The summed E-state index contributed by atoms with van der Waals surface area (Å²) in [5.41, 5.74) is 0.423. The van der Waals surface area contributed by atoms with Crippen molar-refractivity contribution >= 4 is 15.7 Å². The largest absolute Gasteiger partial charge is 0.492 e. The first-order valence-electron chi connectivity index (χ1n) is 6.42. The highest BCUT2D eigenvalue weighted by atomic mass is 32.2. The quantitative estimate of drug-likeness (QED) is 0.757. The Morgan fingerprint density at radius 1 is 1.19 bits per heavy atom. The fourth-order valence-corrected chi connectivity index (χ4v) is 2.67. The van der Waals surface area contributed by atoms with Crippen LogP contribution in [0.4, 0.5) is 5.69 Å². The number of aromatic nitrogens is 1. The Morgan fingerprint density at radius 3 is 2.57 bits per heavy atom. The standard InChI is InChI=1S/C14H17N3O3S/c1-15-9-10-20-13-4-6-14(7-5-13)21(18,19)17-12-3-2-8-16-11-12/h2-8,11,15,17H,9-10H2,1H3. The van der Waals surface area contributed by atoms with Crippen LogP contribution in [0.15, 0.2) is 53.7 Å². The summed E-state index contributed by atoms with van der Waals surface area (Å²) >= 11 is 0. The van der Waals surface area contributed by atoms with Crippen molar-refractivity contribution in [1.29, 1.82) is 0 Å². The fraction of sp³-hybridized carbons (Fsp3) is 0.214. The van der Waals surface area contributed by atoms with Crippen LogP contribution in [0.1, 0.15) is 0 Å². The topological polar surface area (TPSA) is 80.3 Å². The molecule has 0 aliphatic rings. The maximum absolute atomic E-state index is 12.2. The summed E-state index contributed by atoms with van der Waals surface area (Å²) in [6, 6.07) is 9.58. The molecule has 0 amide bonds. The van der Waals surface area contributed by atoms with Gasteiger partial charge in [0.1, 0.15) is 12.4 Å². The zero-order valence-electron chi connectivity index (χ0n) is 11.6. The van der Waals surface area contributed by atoms with Crippen molar-refractivity contribution in [3.05, 3.63) is 48.8 Å². The van der Waals surface area contributed by atoms with Crippen molar-refractivity contribution in [2.45, 2.75) is 4.90 Å². The molecule has 0 unspecified atom stereocenters. The lowest BCUT2D eigenvalue weighted by molar-refractivity contribution is 0.318. The first kappa shape index (κ1) is 15.3. The summed E-state index contributed by atoms with van der Waals surface area (Å²) in [6.45, 7) is 1.25. The monoisotopic (exact) mass is 307 g/mol. The highest BCUT2D eigenvalue weighted by molar-refractivity contribution is 7.92. The molecule has 0 fully saturated rings. The van der Waals surface area contributed by atoms with E-state index in [0.29, 0.717) is 18.0 Å². The van der Waals surface area contributed by atoms with E-state index in [2.05, 4.69) is 15.0 Å². The van der Waals surface area contributed by atoms with Gasteiger partial charge in [-0.2, -0.15) is 0 Å². The maximum Gasteiger partial charge on any atom is 0.261 e. The number of benzene rings is 1. The molecule has 6 nitrogen and oxygen atoms in total. The normalized spacial score (nSPS) is 11.1. The molecule has 1 heterocycles. The summed E-state index contributed by atoms with van der Waals surface area (Å²) in [7, 11) is -1.78. The predicted molar refractivity (Wildman–Crippen MR) is 80.9 cm³/mol. The van der Waals surface area contributed by atoms with Crippen LogP contribution in [0.5, 0.6) is 5.75 Å². The van der Waals surface area contributed by atoms with Gasteiger partial charge >= 0.3 is 0 Å². The number of sulfonamides is 1. The Balaban J connectivity index is 2.06.